The third-order valence-corrected chi connectivity index (χ3v) is 3.21. The molecule has 2 atom stereocenters. The fraction of sp³-hybridized carbons (Fsp3) is 0.750. The van der Waals surface area contributed by atoms with Crippen molar-refractivity contribution in [2.75, 3.05) is 19.7 Å². The molecule has 16 heavy (non-hydrogen) atoms. The highest BCUT2D eigenvalue weighted by atomic mass is 16.5. The highest BCUT2D eigenvalue weighted by Crippen LogP contribution is 2.14. The molecule has 1 aliphatic heterocycles. The van der Waals surface area contributed by atoms with E-state index < -0.39 is 0 Å². The van der Waals surface area contributed by atoms with Gasteiger partial charge in [-0.1, -0.05) is 6.92 Å². The second-order valence-corrected chi connectivity index (χ2v) is 4.53. The molecule has 0 aromatic carbocycles. The molecule has 0 saturated carbocycles. The first kappa shape index (κ1) is 11.6. The normalized spacial score (nSPS) is 25.8. The minimum absolute atomic E-state index is 0.400. The van der Waals surface area contributed by atoms with Crippen molar-refractivity contribution in [3.05, 3.63) is 18.7 Å². The highest BCUT2D eigenvalue weighted by molar-refractivity contribution is 4.76. The number of piperidine rings is 1. The van der Waals surface area contributed by atoms with Gasteiger partial charge in [-0.05, 0) is 25.3 Å². The molecule has 0 spiro atoms. The molecule has 1 fully saturated rings. The standard InChI is InChI=1S/C12H21N3O/c1-11-3-4-13-9-12(11)16-8-2-6-15-7-5-14-10-15/h5,7,10-13H,2-4,6,8-9H2,1H3. The van der Waals surface area contributed by atoms with Crippen LogP contribution in [-0.2, 0) is 11.3 Å². The third kappa shape index (κ3) is 3.32. The Hall–Kier alpha value is -0.870. The molecule has 0 aliphatic carbocycles. The van der Waals surface area contributed by atoms with Crippen molar-refractivity contribution >= 4 is 0 Å². The van der Waals surface area contributed by atoms with Gasteiger partial charge in [0.1, 0.15) is 0 Å². The minimum atomic E-state index is 0.400. The molecule has 2 rings (SSSR count). The molecule has 4 heteroatoms. The molecule has 0 bridgehead atoms. The maximum absolute atomic E-state index is 5.90. The molecular weight excluding hydrogens is 202 g/mol. The van der Waals surface area contributed by atoms with Gasteiger partial charge >= 0.3 is 0 Å². The average molecular weight is 223 g/mol. The number of aromatic nitrogens is 2. The summed E-state index contributed by atoms with van der Waals surface area (Å²) in [6, 6.07) is 0. The zero-order valence-electron chi connectivity index (χ0n) is 9.93. The maximum atomic E-state index is 5.90. The van der Waals surface area contributed by atoms with Gasteiger partial charge in [0.2, 0.25) is 0 Å². The van der Waals surface area contributed by atoms with Crippen LogP contribution in [0.2, 0.25) is 0 Å². The summed E-state index contributed by atoms with van der Waals surface area (Å²) in [5.41, 5.74) is 0. The number of ether oxygens (including phenoxy) is 1. The first-order valence-corrected chi connectivity index (χ1v) is 6.14. The second-order valence-electron chi connectivity index (χ2n) is 4.53. The number of nitrogens with one attached hydrogen (secondary N) is 1. The molecule has 0 amide bonds. The first-order valence-electron chi connectivity index (χ1n) is 6.14. The number of imidazole rings is 1. The molecule has 0 radical (unpaired) electrons. The summed E-state index contributed by atoms with van der Waals surface area (Å²) >= 11 is 0. The lowest BCUT2D eigenvalue weighted by Crippen LogP contribution is -2.41. The summed E-state index contributed by atoms with van der Waals surface area (Å²) in [6.45, 7) is 6.26. The summed E-state index contributed by atoms with van der Waals surface area (Å²) in [6.07, 6.45) is 8.34. The quantitative estimate of drug-likeness (QED) is 0.764. The van der Waals surface area contributed by atoms with Crippen LogP contribution < -0.4 is 5.32 Å². The lowest BCUT2D eigenvalue weighted by molar-refractivity contribution is 0.00188. The fourth-order valence-electron chi connectivity index (χ4n) is 2.09. The van der Waals surface area contributed by atoms with Gasteiger partial charge in [-0.2, -0.15) is 0 Å². The van der Waals surface area contributed by atoms with E-state index in [1.54, 1.807) is 0 Å². The van der Waals surface area contributed by atoms with Crippen LogP contribution in [0, 0.1) is 5.92 Å². The smallest absolute Gasteiger partial charge is 0.0945 e. The van der Waals surface area contributed by atoms with E-state index in [4.69, 9.17) is 4.74 Å². The van der Waals surface area contributed by atoms with Crippen LogP contribution in [0.1, 0.15) is 19.8 Å². The molecule has 1 aromatic heterocycles. The van der Waals surface area contributed by atoms with E-state index >= 15 is 0 Å². The van der Waals surface area contributed by atoms with Gasteiger partial charge < -0.3 is 14.6 Å². The van der Waals surface area contributed by atoms with Crippen LogP contribution in [0.4, 0.5) is 0 Å². The minimum Gasteiger partial charge on any atom is -0.377 e. The molecule has 90 valence electrons. The van der Waals surface area contributed by atoms with Crippen molar-refractivity contribution in [1.29, 1.82) is 0 Å². The summed E-state index contributed by atoms with van der Waals surface area (Å²) in [7, 11) is 0. The van der Waals surface area contributed by atoms with Crippen LogP contribution in [0.3, 0.4) is 0 Å². The molecule has 2 unspecified atom stereocenters. The topological polar surface area (TPSA) is 39.1 Å². The van der Waals surface area contributed by atoms with E-state index in [9.17, 15) is 0 Å². The predicted octanol–water partition coefficient (Wildman–Crippen LogP) is 1.29. The molecule has 4 nitrogen and oxygen atoms in total. The SMILES string of the molecule is CC1CCNCC1OCCCn1ccnc1. The lowest BCUT2D eigenvalue weighted by Gasteiger charge is -2.29. The van der Waals surface area contributed by atoms with Gasteiger partial charge in [-0.25, -0.2) is 4.98 Å². The number of hydrogen-bond donors (Lipinski definition) is 1. The van der Waals surface area contributed by atoms with E-state index in [0.717, 1.165) is 32.7 Å². The Morgan fingerprint density at radius 3 is 3.25 bits per heavy atom. The maximum Gasteiger partial charge on any atom is 0.0945 e. The Morgan fingerprint density at radius 2 is 2.50 bits per heavy atom. The lowest BCUT2D eigenvalue weighted by atomic mass is 9.97. The number of hydrogen-bond acceptors (Lipinski definition) is 3. The van der Waals surface area contributed by atoms with Crippen molar-refractivity contribution in [3.8, 4) is 0 Å². The summed E-state index contributed by atoms with van der Waals surface area (Å²) in [5, 5.41) is 3.38. The van der Waals surface area contributed by atoms with E-state index in [-0.39, 0.29) is 0 Å². The molecule has 2 heterocycles. The van der Waals surface area contributed by atoms with Crippen molar-refractivity contribution in [3.63, 3.8) is 0 Å². The number of nitrogens with zero attached hydrogens (tertiary/aromatic N) is 2. The van der Waals surface area contributed by atoms with Crippen molar-refractivity contribution < 1.29 is 4.74 Å². The predicted molar refractivity (Wildman–Crippen MR) is 63.2 cm³/mol. The van der Waals surface area contributed by atoms with Gasteiger partial charge in [-0.3, -0.25) is 0 Å². The van der Waals surface area contributed by atoms with Gasteiger partial charge in [-0.15, -0.1) is 0 Å². The Bertz CT molecular complexity index is 286. The zero-order valence-corrected chi connectivity index (χ0v) is 9.93. The van der Waals surface area contributed by atoms with E-state index in [2.05, 4.69) is 21.8 Å². The molecule has 1 aromatic rings. The van der Waals surface area contributed by atoms with Crippen LogP contribution in [0.25, 0.3) is 0 Å². The third-order valence-electron chi connectivity index (χ3n) is 3.21. The number of rotatable bonds is 5. The Labute approximate surface area is 97.0 Å². The van der Waals surface area contributed by atoms with Crippen LogP contribution >= 0.6 is 0 Å². The molecule has 1 aliphatic rings. The molecule has 1 N–H and O–H groups in total. The van der Waals surface area contributed by atoms with Crippen LogP contribution in [0.15, 0.2) is 18.7 Å². The Morgan fingerprint density at radius 1 is 1.56 bits per heavy atom. The Balaban J connectivity index is 1.60. The average Bonchev–Trinajstić information content (AvgIpc) is 2.79. The second kappa shape index (κ2) is 6.01. The van der Waals surface area contributed by atoms with Crippen molar-refractivity contribution in [2.24, 2.45) is 5.92 Å². The zero-order chi connectivity index (χ0) is 11.2. The monoisotopic (exact) mass is 223 g/mol. The summed E-state index contributed by atoms with van der Waals surface area (Å²) < 4.78 is 7.99. The van der Waals surface area contributed by atoms with Gasteiger partial charge in [0.15, 0.2) is 0 Å². The van der Waals surface area contributed by atoms with Crippen molar-refractivity contribution in [1.82, 2.24) is 14.9 Å². The van der Waals surface area contributed by atoms with Gasteiger partial charge in [0.25, 0.3) is 0 Å². The highest BCUT2D eigenvalue weighted by Gasteiger charge is 2.20. The van der Waals surface area contributed by atoms with Gasteiger partial charge in [0.05, 0.1) is 12.4 Å². The summed E-state index contributed by atoms with van der Waals surface area (Å²) in [4.78, 5) is 4.01. The largest absolute Gasteiger partial charge is 0.377 e. The van der Waals surface area contributed by atoms with E-state index in [1.807, 2.05) is 18.7 Å². The number of aryl methyl sites for hydroxylation is 1. The molecule has 1 saturated heterocycles. The van der Waals surface area contributed by atoms with E-state index in [0.29, 0.717) is 12.0 Å². The van der Waals surface area contributed by atoms with Crippen molar-refractivity contribution in [2.45, 2.75) is 32.4 Å². The first-order chi connectivity index (χ1) is 7.86. The fourth-order valence-corrected chi connectivity index (χ4v) is 2.09. The van der Waals surface area contributed by atoms with E-state index in [1.165, 1.54) is 6.42 Å². The van der Waals surface area contributed by atoms with Crippen LogP contribution in [0.5, 0.6) is 0 Å². The molecular formula is C12H21N3O. The Kier molecular flexibility index (Phi) is 4.36. The van der Waals surface area contributed by atoms with Gasteiger partial charge in [0, 0.05) is 32.1 Å². The summed E-state index contributed by atoms with van der Waals surface area (Å²) in [5.74, 6) is 0.689. The van der Waals surface area contributed by atoms with Crippen LogP contribution in [-0.4, -0.2) is 35.4 Å².